The Kier molecular flexibility index (Phi) is 7.98. The summed E-state index contributed by atoms with van der Waals surface area (Å²) in [6.07, 6.45) is 0.736. The third kappa shape index (κ3) is 5.62. The summed E-state index contributed by atoms with van der Waals surface area (Å²) in [4.78, 5) is 42.4. The molecule has 0 saturated heterocycles. The number of nitrogens with one attached hydrogen (secondary N) is 2. The number of fused-ring (bicyclic) bond motifs is 2. The summed E-state index contributed by atoms with van der Waals surface area (Å²) in [5.41, 5.74) is 6.72. The van der Waals surface area contributed by atoms with Crippen molar-refractivity contribution in [3.8, 4) is 0 Å². The summed E-state index contributed by atoms with van der Waals surface area (Å²) < 4.78 is 5.27. The van der Waals surface area contributed by atoms with Gasteiger partial charge < -0.3 is 20.3 Å². The molecule has 2 amide bonds. The number of carbonyl (C=O) groups is 3. The molecule has 8 nitrogen and oxygen atoms in total. The molecule has 40 heavy (non-hydrogen) atoms. The van der Waals surface area contributed by atoms with Crippen LogP contribution >= 0.6 is 0 Å². The van der Waals surface area contributed by atoms with Crippen molar-refractivity contribution in [2.24, 2.45) is 0 Å². The van der Waals surface area contributed by atoms with Crippen molar-refractivity contribution in [3.05, 3.63) is 94.5 Å². The number of nitrogens with zero attached hydrogens (tertiary/aromatic N) is 2. The Labute approximate surface area is 234 Å². The third-order valence-electron chi connectivity index (χ3n) is 7.25. The van der Waals surface area contributed by atoms with E-state index in [1.54, 1.807) is 18.2 Å². The topological polar surface area (TPSA) is 91.0 Å². The Morgan fingerprint density at radius 3 is 2.50 bits per heavy atom. The second kappa shape index (κ2) is 11.8. The van der Waals surface area contributed by atoms with E-state index >= 15 is 0 Å². The van der Waals surface area contributed by atoms with Gasteiger partial charge in [-0.1, -0.05) is 56.3 Å². The smallest absolute Gasteiger partial charge is 0.338 e. The zero-order valence-electron chi connectivity index (χ0n) is 23.1. The van der Waals surface area contributed by atoms with Gasteiger partial charge in [-0.05, 0) is 61.0 Å². The Bertz CT molecular complexity index is 1480. The lowest BCUT2D eigenvalue weighted by Crippen LogP contribution is -2.35. The molecule has 5 rings (SSSR count). The largest absolute Gasteiger partial charge is 0.462 e. The number of benzene rings is 3. The van der Waals surface area contributed by atoms with Crippen molar-refractivity contribution in [2.75, 3.05) is 37.4 Å². The van der Waals surface area contributed by atoms with Gasteiger partial charge in [-0.2, -0.15) is 0 Å². The lowest BCUT2D eigenvalue weighted by Gasteiger charge is -2.19. The number of amides is 2. The first-order valence-electron chi connectivity index (χ1n) is 13.7. The number of esters is 1. The summed E-state index contributed by atoms with van der Waals surface area (Å²) in [6, 6.07) is 20.9. The first kappa shape index (κ1) is 27.1. The summed E-state index contributed by atoms with van der Waals surface area (Å²) >= 11 is 0. The molecular weight excluding hydrogens is 504 g/mol. The summed E-state index contributed by atoms with van der Waals surface area (Å²) in [6.45, 7) is 6.68. The zero-order valence-corrected chi connectivity index (χ0v) is 23.1. The number of anilines is 2. The predicted octanol–water partition coefficient (Wildman–Crippen LogP) is 4.98. The highest BCUT2D eigenvalue weighted by molar-refractivity contribution is 6.37. The molecular formula is C32H34N4O4. The van der Waals surface area contributed by atoms with Gasteiger partial charge >= 0.3 is 5.97 Å². The molecule has 0 radical (unpaired) electrons. The number of hydrogen-bond donors (Lipinski definition) is 2. The van der Waals surface area contributed by atoms with E-state index in [4.69, 9.17) is 4.74 Å². The fraction of sp³-hybridized carbons (Fsp3) is 0.281. The minimum Gasteiger partial charge on any atom is -0.462 e. The lowest BCUT2D eigenvalue weighted by atomic mass is 9.98. The monoisotopic (exact) mass is 538 g/mol. The average molecular weight is 539 g/mol. The number of rotatable bonds is 9. The zero-order chi connectivity index (χ0) is 28.2. The molecule has 0 atom stereocenters. The average Bonchev–Trinajstić information content (AvgIpc) is 3.54. The van der Waals surface area contributed by atoms with Gasteiger partial charge in [0.15, 0.2) is 0 Å². The van der Waals surface area contributed by atoms with Crippen LogP contribution in [0.25, 0.3) is 11.3 Å². The van der Waals surface area contributed by atoms with E-state index in [0.717, 1.165) is 35.3 Å². The van der Waals surface area contributed by atoms with Gasteiger partial charge in [0, 0.05) is 24.3 Å². The van der Waals surface area contributed by atoms with E-state index in [1.165, 1.54) is 0 Å². The minimum atomic E-state index is -0.412. The van der Waals surface area contributed by atoms with Crippen LogP contribution in [0.3, 0.4) is 0 Å². The van der Waals surface area contributed by atoms with E-state index in [1.807, 2.05) is 73.2 Å². The lowest BCUT2D eigenvalue weighted by molar-refractivity contribution is -0.132. The number of hydrogen-bond acceptors (Lipinski definition) is 6. The molecule has 8 heteroatoms. The quantitative estimate of drug-likeness (QED) is 0.295. The summed E-state index contributed by atoms with van der Waals surface area (Å²) in [5.74, 6) is -0.553. The van der Waals surface area contributed by atoms with Gasteiger partial charge in [0.2, 0.25) is 5.91 Å². The molecule has 0 saturated carbocycles. The second-order valence-corrected chi connectivity index (χ2v) is 10.2. The van der Waals surface area contributed by atoms with Crippen molar-refractivity contribution < 1.29 is 19.1 Å². The number of carbonyl (C=O) groups excluding carboxylic acids is 3. The molecule has 3 aromatic rings. The molecule has 0 fully saturated rings. The molecule has 0 unspecified atom stereocenters. The van der Waals surface area contributed by atoms with E-state index < -0.39 is 5.97 Å². The molecule has 0 bridgehead atoms. The van der Waals surface area contributed by atoms with Gasteiger partial charge in [0.25, 0.3) is 5.91 Å². The molecule has 2 aliphatic rings. The van der Waals surface area contributed by atoms with Crippen LogP contribution in [0.4, 0.5) is 11.4 Å². The first-order valence-corrected chi connectivity index (χ1v) is 13.7. The fourth-order valence-corrected chi connectivity index (χ4v) is 4.95. The molecule has 206 valence electrons. The van der Waals surface area contributed by atoms with E-state index in [2.05, 4.69) is 16.7 Å². The van der Waals surface area contributed by atoms with Crippen LogP contribution in [0.1, 0.15) is 52.9 Å². The predicted molar refractivity (Wildman–Crippen MR) is 156 cm³/mol. The second-order valence-electron chi connectivity index (χ2n) is 10.2. The van der Waals surface area contributed by atoms with E-state index in [9.17, 15) is 14.4 Å². The molecule has 2 heterocycles. The van der Waals surface area contributed by atoms with E-state index in [-0.39, 0.29) is 11.8 Å². The summed E-state index contributed by atoms with van der Waals surface area (Å²) in [7, 11) is 1.94. The Hall–Kier alpha value is -4.43. The van der Waals surface area contributed by atoms with Crippen LogP contribution in [-0.4, -0.2) is 54.3 Å². The highest BCUT2D eigenvalue weighted by Gasteiger charge is 2.30. The number of likely N-dealkylation sites (N-methyl/N-ethyl adjacent to an activating group) is 1. The third-order valence-corrected chi connectivity index (χ3v) is 7.25. The highest BCUT2D eigenvalue weighted by Crippen LogP contribution is 2.38. The molecule has 3 aromatic carbocycles. The van der Waals surface area contributed by atoms with Crippen LogP contribution < -0.4 is 10.6 Å². The van der Waals surface area contributed by atoms with Gasteiger partial charge in [-0.3, -0.25) is 14.5 Å². The van der Waals surface area contributed by atoms with Crippen molar-refractivity contribution in [3.63, 3.8) is 0 Å². The normalized spacial score (nSPS) is 15.0. The standard InChI is InChI=1S/C32H34N4O4/c1-4-15-40-32(39)22-12-14-26-27(17-22)34-31(38)29(26)30(21-9-7-6-8-10-21)33-25-13-11-23-18-36(19-24(23)16-25)28(37)20-35(3)5-2/h6-14,16-17,33H,4-5,15,18-20H2,1-3H3,(H,34,38)/b30-29-. The molecule has 2 aliphatic heterocycles. The molecule has 2 N–H and O–H groups in total. The summed E-state index contributed by atoms with van der Waals surface area (Å²) in [5, 5.41) is 6.43. The maximum atomic E-state index is 13.3. The van der Waals surface area contributed by atoms with Crippen LogP contribution in [-0.2, 0) is 27.4 Å². The Balaban J connectivity index is 1.46. The van der Waals surface area contributed by atoms with Gasteiger partial charge in [-0.15, -0.1) is 0 Å². The van der Waals surface area contributed by atoms with Gasteiger partial charge in [-0.25, -0.2) is 4.79 Å². The van der Waals surface area contributed by atoms with Crippen molar-refractivity contribution in [2.45, 2.75) is 33.4 Å². The van der Waals surface area contributed by atoms with Crippen LogP contribution in [0.15, 0.2) is 66.7 Å². The van der Waals surface area contributed by atoms with E-state index in [0.29, 0.717) is 54.3 Å². The fourth-order valence-electron chi connectivity index (χ4n) is 4.95. The van der Waals surface area contributed by atoms with Crippen molar-refractivity contribution in [1.82, 2.24) is 9.80 Å². The number of ether oxygens (including phenoxy) is 1. The van der Waals surface area contributed by atoms with Gasteiger partial charge in [0.05, 0.1) is 35.7 Å². The minimum absolute atomic E-state index is 0.110. The first-order chi connectivity index (χ1) is 19.4. The maximum absolute atomic E-state index is 13.3. The molecule has 0 aliphatic carbocycles. The SMILES string of the molecule is CCCOC(=O)c1ccc2c(c1)NC(=O)/C2=C(\Nc1ccc2c(c1)CN(C(=O)CN(C)CC)C2)c1ccccc1. The molecule has 0 spiro atoms. The van der Waals surface area contributed by atoms with Crippen molar-refractivity contribution in [1.29, 1.82) is 0 Å². The Morgan fingerprint density at radius 1 is 0.975 bits per heavy atom. The van der Waals surface area contributed by atoms with Crippen LogP contribution in [0.5, 0.6) is 0 Å². The van der Waals surface area contributed by atoms with Crippen LogP contribution in [0, 0.1) is 0 Å². The van der Waals surface area contributed by atoms with Crippen molar-refractivity contribution >= 4 is 40.4 Å². The Morgan fingerprint density at radius 2 is 1.75 bits per heavy atom. The van der Waals surface area contributed by atoms with Gasteiger partial charge in [0.1, 0.15) is 0 Å². The highest BCUT2D eigenvalue weighted by atomic mass is 16.5. The maximum Gasteiger partial charge on any atom is 0.338 e. The molecule has 0 aromatic heterocycles. The van der Waals surface area contributed by atoms with Crippen LogP contribution in [0.2, 0.25) is 0 Å².